The van der Waals surface area contributed by atoms with E-state index >= 15 is 0 Å². The number of sulfonamides is 1. The first-order chi connectivity index (χ1) is 10.2. The Labute approximate surface area is 129 Å². The van der Waals surface area contributed by atoms with Crippen LogP contribution in [0.1, 0.15) is 13.8 Å². The van der Waals surface area contributed by atoms with Crippen molar-refractivity contribution in [1.29, 1.82) is 0 Å². The standard InChI is InChI=1S/C14H20F2N2O3S/c1-14(2,18-5-7-21-8-6-18)10-17-22(19,20)11-3-4-12(15)13(16)9-11/h3-4,9,17H,5-8,10H2,1-2H3. The lowest BCUT2D eigenvalue weighted by atomic mass is 10.0. The van der Waals surface area contributed by atoms with Gasteiger partial charge < -0.3 is 4.74 Å². The van der Waals surface area contributed by atoms with Gasteiger partial charge in [-0.15, -0.1) is 0 Å². The van der Waals surface area contributed by atoms with Crippen molar-refractivity contribution in [3.63, 3.8) is 0 Å². The summed E-state index contributed by atoms with van der Waals surface area (Å²) >= 11 is 0. The summed E-state index contributed by atoms with van der Waals surface area (Å²) in [5.41, 5.74) is -0.407. The lowest BCUT2D eigenvalue weighted by Crippen LogP contribution is -2.55. The Kier molecular flexibility index (Phi) is 5.16. The van der Waals surface area contributed by atoms with Gasteiger partial charge in [0.2, 0.25) is 10.0 Å². The van der Waals surface area contributed by atoms with Crippen LogP contribution in [0.2, 0.25) is 0 Å². The Bertz CT molecular complexity index is 629. The van der Waals surface area contributed by atoms with E-state index in [4.69, 9.17) is 4.74 Å². The molecule has 1 N–H and O–H groups in total. The molecule has 1 aromatic carbocycles. The maximum atomic E-state index is 13.2. The molecule has 0 atom stereocenters. The minimum Gasteiger partial charge on any atom is -0.379 e. The predicted octanol–water partition coefficient (Wildman–Crippen LogP) is 1.35. The van der Waals surface area contributed by atoms with Crippen molar-refractivity contribution in [2.24, 2.45) is 0 Å². The van der Waals surface area contributed by atoms with Crippen LogP contribution in [0, 0.1) is 11.6 Å². The van der Waals surface area contributed by atoms with E-state index in [9.17, 15) is 17.2 Å². The molecule has 5 nitrogen and oxygen atoms in total. The molecule has 0 spiro atoms. The van der Waals surface area contributed by atoms with Crippen LogP contribution in [-0.2, 0) is 14.8 Å². The van der Waals surface area contributed by atoms with Crippen molar-refractivity contribution in [3.8, 4) is 0 Å². The van der Waals surface area contributed by atoms with Gasteiger partial charge in [0.15, 0.2) is 11.6 Å². The third-order valence-corrected chi connectivity index (χ3v) is 5.16. The summed E-state index contributed by atoms with van der Waals surface area (Å²) in [6, 6.07) is 2.53. The predicted molar refractivity (Wildman–Crippen MR) is 78.0 cm³/mol. The van der Waals surface area contributed by atoms with E-state index in [2.05, 4.69) is 9.62 Å². The van der Waals surface area contributed by atoms with E-state index in [0.29, 0.717) is 19.3 Å². The first kappa shape index (κ1) is 17.3. The van der Waals surface area contributed by atoms with E-state index in [0.717, 1.165) is 25.2 Å². The van der Waals surface area contributed by atoms with Crippen LogP contribution in [0.5, 0.6) is 0 Å². The van der Waals surface area contributed by atoms with Gasteiger partial charge in [-0.25, -0.2) is 21.9 Å². The van der Waals surface area contributed by atoms with Crippen molar-refractivity contribution < 1.29 is 21.9 Å². The van der Waals surface area contributed by atoms with Gasteiger partial charge in [-0.05, 0) is 32.0 Å². The molecule has 0 bridgehead atoms. The van der Waals surface area contributed by atoms with Gasteiger partial charge in [0.25, 0.3) is 0 Å². The summed E-state index contributed by atoms with van der Waals surface area (Å²) in [4.78, 5) is 1.84. The smallest absolute Gasteiger partial charge is 0.240 e. The molecule has 0 radical (unpaired) electrons. The Hall–Kier alpha value is -1.09. The molecule has 2 rings (SSSR count). The Balaban J connectivity index is 2.06. The highest BCUT2D eigenvalue weighted by atomic mass is 32.2. The molecule has 1 heterocycles. The number of hydrogen-bond acceptors (Lipinski definition) is 4. The lowest BCUT2D eigenvalue weighted by Gasteiger charge is -2.40. The van der Waals surface area contributed by atoms with Crippen molar-refractivity contribution in [1.82, 2.24) is 9.62 Å². The summed E-state index contributed by atoms with van der Waals surface area (Å²) in [5, 5.41) is 0. The number of rotatable bonds is 5. The lowest BCUT2D eigenvalue weighted by molar-refractivity contribution is -0.00803. The number of halogens is 2. The van der Waals surface area contributed by atoms with Crippen LogP contribution in [-0.4, -0.2) is 51.7 Å². The molecule has 8 heteroatoms. The third kappa shape index (κ3) is 4.01. The Morgan fingerprint density at radius 1 is 1.23 bits per heavy atom. The number of benzene rings is 1. The van der Waals surface area contributed by atoms with Gasteiger partial charge >= 0.3 is 0 Å². The van der Waals surface area contributed by atoms with Crippen LogP contribution in [0.4, 0.5) is 8.78 Å². The van der Waals surface area contributed by atoms with Gasteiger partial charge in [-0.3, -0.25) is 4.90 Å². The molecule has 1 aromatic rings. The van der Waals surface area contributed by atoms with Gasteiger partial charge in [-0.1, -0.05) is 0 Å². The first-order valence-corrected chi connectivity index (χ1v) is 8.48. The fourth-order valence-electron chi connectivity index (χ4n) is 2.28. The van der Waals surface area contributed by atoms with Crippen LogP contribution < -0.4 is 4.72 Å². The zero-order chi connectivity index (χ0) is 16.4. The van der Waals surface area contributed by atoms with Crippen LogP contribution in [0.15, 0.2) is 23.1 Å². The first-order valence-electron chi connectivity index (χ1n) is 7.00. The summed E-state index contributed by atoms with van der Waals surface area (Å²) in [7, 11) is -3.89. The number of morpholine rings is 1. The summed E-state index contributed by atoms with van der Waals surface area (Å²) in [6.45, 7) is 6.67. The molecule has 124 valence electrons. The average Bonchev–Trinajstić information content (AvgIpc) is 2.49. The molecule has 0 amide bonds. The van der Waals surface area contributed by atoms with Crippen molar-refractivity contribution in [3.05, 3.63) is 29.8 Å². The molecule has 1 aliphatic heterocycles. The van der Waals surface area contributed by atoms with Crippen molar-refractivity contribution >= 4 is 10.0 Å². The second-order valence-electron chi connectivity index (χ2n) is 5.81. The summed E-state index contributed by atoms with van der Waals surface area (Å²) in [5.74, 6) is -2.26. The molecule has 0 unspecified atom stereocenters. The molecular formula is C14H20F2N2O3S. The zero-order valence-corrected chi connectivity index (χ0v) is 13.4. The van der Waals surface area contributed by atoms with Gasteiger partial charge in [0.1, 0.15) is 0 Å². The van der Waals surface area contributed by atoms with Crippen molar-refractivity contribution in [2.75, 3.05) is 32.8 Å². The zero-order valence-electron chi connectivity index (χ0n) is 12.6. The number of nitrogens with zero attached hydrogens (tertiary/aromatic N) is 1. The van der Waals surface area contributed by atoms with E-state index in [1.807, 2.05) is 13.8 Å². The molecule has 1 aliphatic rings. The maximum absolute atomic E-state index is 13.2. The number of hydrogen-bond donors (Lipinski definition) is 1. The van der Waals surface area contributed by atoms with Crippen LogP contribution in [0.25, 0.3) is 0 Å². The van der Waals surface area contributed by atoms with Crippen molar-refractivity contribution in [2.45, 2.75) is 24.3 Å². The van der Waals surface area contributed by atoms with Gasteiger partial charge in [0.05, 0.1) is 18.1 Å². The normalized spacial score (nSPS) is 17.6. The average molecular weight is 334 g/mol. The fraction of sp³-hybridized carbons (Fsp3) is 0.571. The minimum atomic E-state index is -3.89. The van der Waals surface area contributed by atoms with Gasteiger partial charge in [0, 0.05) is 25.2 Å². The number of nitrogens with one attached hydrogen (secondary N) is 1. The summed E-state index contributed by atoms with van der Waals surface area (Å²) < 4.78 is 58.2. The second-order valence-corrected chi connectivity index (χ2v) is 7.58. The topological polar surface area (TPSA) is 58.6 Å². The molecule has 1 fully saturated rings. The largest absolute Gasteiger partial charge is 0.379 e. The highest BCUT2D eigenvalue weighted by molar-refractivity contribution is 7.89. The van der Waals surface area contributed by atoms with Crippen LogP contribution >= 0.6 is 0 Å². The quantitative estimate of drug-likeness (QED) is 0.883. The fourth-order valence-corrected chi connectivity index (χ4v) is 3.50. The van der Waals surface area contributed by atoms with E-state index < -0.39 is 27.2 Å². The molecular weight excluding hydrogens is 314 g/mol. The Morgan fingerprint density at radius 3 is 2.45 bits per heavy atom. The number of ether oxygens (including phenoxy) is 1. The monoisotopic (exact) mass is 334 g/mol. The highest BCUT2D eigenvalue weighted by Gasteiger charge is 2.30. The summed E-state index contributed by atoms with van der Waals surface area (Å²) in [6.07, 6.45) is 0. The molecule has 0 aliphatic carbocycles. The second kappa shape index (κ2) is 6.57. The molecule has 1 saturated heterocycles. The maximum Gasteiger partial charge on any atom is 0.240 e. The third-order valence-electron chi connectivity index (χ3n) is 3.76. The Morgan fingerprint density at radius 2 is 1.86 bits per heavy atom. The highest BCUT2D eigenvalue weighted by Crippen LogP contribution is 2.18. The molecule has 0 saturated carbocycles. The minimum absolute atomic E-state index is 0.161. The van der Waals surface area contributed by atoms with Crippen LogP contribution in [0.3, 0.4) is 0 Å². The SMILES string of the molecule is CC(C)(CNS(=O)(=O)c1ccc(F)c(F)c1)N1CCOCC1. The molecule has 22 heavy (non-hydrogen) atoms. The molecule has 0 aromatic heterocycles. The van der Waals surface area contributed by atoms with Gasteiger partial charge in [-0.2, -0.15) is 0 Å². The van der Waals surface area contributed by atoms with E-state index in [1.54, 1.807) is 0 Å². The van der Waals surface area contributed by atoms with E-state index in [-0.39, 0.29) is 11.4 Å². The van der Waals surface area contributed by atoms with E-state index in [1.165, 1.54) is 0 Å².